The molecule has 0 unspecified atom stereocenters. The fourth-order valence-electron chi connectivity index (χ4n) is 2.48. The number of aromatic amines is 1. The van der Waals surface area contributed by atoms with E-state index in [2.05, 4.69) is 20.8 Å². The van der Waals surface area contributed by atoms with Gasteiger partial charge in [-0.15, -0.1) is 0 Å². The molecule has 0 aliphatic rings. The number of aromatic nitrogens is 3. The molecule has 3 rings (SSSR count). The number of nitrogens with one attached hydrogen (secondary N) is 3. The van der Waals surface area contributed by atoms with Crippen LogP contribution in [0.25, 0.3) is 11.4 Å². The standard InChI is InChI=1S/C18H16ClN5O2S/c1-20-17(26)12-4-8-14(9-5-12)21-15(25)10-24-16(22-23-18(24)27)11-2-6-13(19)7-3-11/h2-9H,10H2,1H3,(H,20,26)(H,21,25)(H,23,27). The van der Waals surface area contributed by atoms with Gasteiger partial charge < -0.3 is 10.6 Å². The second kappa shape index (κ2) is 8.15. The maximum absolute atomic E-state index is 12.4. The minimum Gasteiger partial charge on any atom is -0.355 e. The van der Waals surface area contributed by atoms with Crippen LogP contribution in [-0.2, 0) is 11.3 Å². The highest BCUT2D eigenvalue weighted by molar-refractivity contribution is 7.71. The highest BCUT2D eigenvalue weighted by atomic mass is 35.5. The molecule has 0 bridgehead atoms. The number of carbonyl (C=O) groups is 2. The van der Waals surface area contributed by atoms with E-state index in [-0.39, 0.29) is 18.4 Å². The third-order valence-electron chi connectivity index (χ3n) is 3.82. The quantitative estimate of drug-likeness (QED) is 0.572. The molecular formula is C18H16ClN5O2S. The molecule has 3 aromatic rings. The van der Waals surface area contributed by atoms with Crippen LogP contribution in [0.1, 0.15) is 10.4 Å². The Labute approximate surface area is 165 Å². The van der Waals surface area contributed by atoms with Crippen molar-refractivity contribution < 1.29 is 9.59 Å². The molecule has 0 fully saturated rings. The highest BCUT2D eigenvalue weighted by Crippen LogP contribution is 2.20. The van der Waals surface area contributed by atoms with Gasteiger partial charge in [0.25, 0.3) is 5.91 Å². The summed E-state index contributed by atoms with van der Waals surface area (Å²) < 4.78 is 1.94. The molecule has 138 valence electrons. The van der Waals surface area contributed by atoms with Crippen LogP contribution in [0.5, 0.6) is 0 Å². The van der Waals surface area contributed by atoms with E-state index in [4.69, 9.17) is 23.8 Å². The molecule has 0 aliphatic carbocycles. The minimum atomic E-state index is -0.268. The monoisotopic (exact) mass is 401 g/mol. The number of rotatable bonds is 5. The molecule has 1 heterocycles. The highest BCUT2D eigenvalue weighted by Gasteiger charge is 2.13. The summed E-state index contributed by atoms with van der Waals surface area (Å²) in [6.45, 7) is -0.00943. The van der Waals surface area contributed by atoms with Crippen molar-refractivity contribution in [1.29, 1.82) is 0 Å². The van der Waals surface area contributed by atoms with E-state index in [1.807, 2.05) is 0 Å². The van der Waals surface area contributed by atoms with Crippen LogP contribution >= 0.6 is 23.8 Å². The first kappa shape index (κ1) is 18.8. The van der Waals surface area contributed by atoms with Gasteiger partial charge in [-0.3, -0.25) is 19.3 Å². The lowest BCUT2D eigenvalue weighted by Gasteiger charge is -2.09. The Bertz CT molecular complexity index is 1030. The molecule has 27 heavy (non-hydrogen) atoms. The van der Waals surface area contributed by atoms with Crippen molar-refractivity contribution in [2.24, 2.45) is 0 Å². The number of anilines is 1. The molecule has 2 amide bonds. The van der Waals surface area contributed by atoms with Crippen molar-refractivity contribution in [3.8, 4) is 11.4 Å². The van der Waals surface area contributed by atoms with Crippen LogP contribution in [0.2, 0.25) is 5.02 Å². The van der Waals surface area contributed by atoms with Gasteiger partial charge in [-0.25, -0.2) is 0 Å². The van der Waals surface area contributed by atoms with Gasteiger partial charge in [0.2, 0.25) is 5.91 Å². The predicted octanol–water partition coefficient (Wildman–Crippen LogP) is 3.26. The zero-order valence-corrected chi connectivity index (χ0v) is 15.9. The number of nitrogens with zero attached hydrogens (tertiary/aromatic N) is 2. The number of halogens is 1. The van der Waals surface area contributed by atoms with Crippen molar-refractivity contribution in [3.05, 3.63) is 63.9 Å². The van der Waals surface area contributed by atoms with E-state index >= 15 is 0 Å². The van der Waals surface area contributed by atoms with Crippen LogP contribution in [0, 0.1) is 4.77 Å². The lowest BCUT2D eigenvalue weighted by molar-refractivity contribution is -0.116. The molecule has 0 saturated heterocycles. The topological polar surface area (TPSA) is 91.8 Å². The van der Waals surface area contributed by atoms with Crippen LogP contribution in [0.15, 0.2) is 48.5 Å². The van der Waals surface area contributed by atoms with Crippen molar-refractivity contribution >= 4 is 41.3 Å². The summed E-state index contributed by atoms with van der Waals surface area (Å²) in [5.41, 5.74) is 1.88. The van der Waals surface area contributed by atoms with Gasteiger partial charge >= 0.3 is 0 Å². The SMILES string of the molecule is CNC(=O)c1ccc(NC(=O)Cn2c(-c3ccc(Cl)cc3)n[nH]c2=S)cc1. The molecule has 7 nitrogen and oxygen atoms in total. The summed E-state index contributed by atoms with van der Waals surface area (Å²) in [5, 5.41) is 12.8. The van der Waals surface area contributed by atoms with Crippen LogP contribution in [0.4, 0.5) is 5.69 Å². The van der Waals surface area contributed by atoms with Gasteiger partial charge in [-0.1, -0.05) is 11.6 Å². The summed E-state index contributed by atoms with van der Waals surface area (Å²) in [6.07, 6.45) is 0. The Morgan fingerprint density at radius 2 is 1.81 bits per heavy atom. The second-order valence-corrected chi connectivity index (χ2v) is 6.47. The second-order valence-electron chi connectivity index (χ2n) is 5.65. The van der Waals surface area contributed by atoms with Gasteiger partial charge in [0.05, 0.1) is 0 Å². The molecule has 0 spiro atoms. The van der Waals surface area contributed by atoms with E-state index in [9.17, 15) is 9.59 Å². The van der Waals surface area contributed by atoms with Crippen molar-refractivity contribution in [1.82, 2.24) is 20.1 Å². The third kappa shape index (κ3) is 4.42. The molecule has 2 aromatic carbocycles. The zero-order valence-electron chi connectivity index (χ0n) is 14.3. The molecule has 1 aromatic heterocycles. The molecule has 0 atom stereocenters. The molecule has 3 N–H and O–H groups in total. The average Bonchev–Trinajstić information content (AvgIpc) is 3.03. The van der Waals surface area contributed by atoms with Crippen molar-refractivity contribution in [3.63, 3.8) is 0 Å². The number of amides is 2. The Hall–Kier alpha value is -2.97. The third-order valence-corrected chi connectivity index (χ3v) is 4.38. The maximum atomic E-state index is 12.4. The summed E-state index contributed by atoms with van der Waals surface area (Å²) in [4.78, 5) is 24.0. The van der Waals surface area contributed by atoms with E-state index in [1.165, 1.54) is 0 Å². The fourth-order valence-corrected chi connectivity index (χ4v) is 2.80. The van der Waals surface area contributed by atoms with Crippen LogP contribution in [-0.4, -0.2) is 33.6 Å². The number of benzene rings is 2. The maximum Gasteiger partial charge on any atom is 0.251 e. The summed E-state index contributed by atoms with van der Waals surface area (Å²) in [5.74, 6) is 0.0855. The van der Waals surface area contributed by atoms with Gasteiger partial charge in [0, 0.05) is 28.9 Å². The van der Waals surface area contributed by atoms with E-state index < -0.39 is 0 Å². The zero-order chi connectivity index (χ0) is 19.4. The van der Waals surface area contributed by atoms with Crippen molar-refractivity contribution in [2.75, 3.05) is 12.4 Å². The number of H-pyrrole nitrogens is 1. The van der Waals surface area contributed by atoms with Gasteiger partial charge in [-0.05, 0) is 60.7 Å². The van der Waals surface area contributed by atoms with Crippen LogP contribution in [0.3, 0.4) is 0 Å². The van der Waals surface area contributed by atoms with E-state index in [1.54, 1.807) is 60.1 Å². The lowest BCUT2D eigenvalue weighted by atomic mass is 10.2. The lowest BCUT2D eigenvalue weighted by Crippen LogP contribution is -2.20. The first-order valence-electron chi connectivity index (χ1n) is 8.01. The molecule has 0 aliphatic heterocycles. The van der Waals surface area contributed by atoms with Gasteiger partial charge in [-0.2, -0.15) is 5.10 Å². The first-order valence-corrected chi connectivity index (χ1v) is 8.79. The molecule has 0 saturated carbocycles. The molecule has 9 heteroatoms. The Morgan fingerprint density at radius 3 is 2.44 bits per heavy atom. The summed E-state index contributed by atoms with van der Waals surface area (Å²) in [6, 6.07) is 13.7. The summed E-state index contributed by atoms with van der Waals surface area (Å²) >= 11 is 11.1. The van der Waals surface area contributed by atoms with Crippen LogP contribution < -0.4 is 10.6 Å². The smallest absolute Gasteiger partial charge is 0.251 e. The summed E-state index contributed by atoms with van der Waals surface area (Å²) in [7, 11) is 1.56. The van der Waals surface area contributed by atoms with Gasteiger partial charge in [0.1, 0.15) is 6.54 Å². The predicted molar refractivity (Wildman–Crippen MR) is 106 cm³/mol. The minimum absolute atomic E-state index is 0.00943. The number of hydrogen-bond acceptors (Lipinski definition) is 4. The number of carbonyl (C=O) groups excluding carboxylic acids is 2. The Balaban J connectivity index is 1.75. The fraction of sp³-hybridized carbons (Fsp3) is 0.111. The molecular weight excluding hydrogens is 386 g/mol. The normalized spacial score (nSPS) is 10.4. The first-order chi connectivity index (χ1) is 13.0. The Kier molecular flexibility index (Phi) is 5.68. The van der Waals surface area contributed by atoms with E-state index in [0.29, 0.717) is 26.9 Å². The average molecular weight is 402 g/mol. The molecule has 0 radical (unpaired) electrons. The largest absolute Gasteiger partial charge is 0.355 e. The van der Waals surface area contributed by atoms with Gasteiger partial charge in [0.15, 0.2) is 10.6 Å². The number of hydrogen-bond donors (Lipinski definition) is 3. The Morgan fingerprint density at radius 1 is 1.15 bits per heavy atom. The van der Waals surface area contributed by atoms with Crippen molar-refractivity contribution in [2.45, 2.75) is 6.54 Å². The van der Waals surface area contributed by atoms with E-state index in [0.717, 1.165) is 5.56 Å².